The molecule has 66 valence electrons. The summed E-state index contributed by atoms with van der Waals surface area (Å²) in [5.41, 5.74) is 5.46. The van der Waals surface area contributed by atoms with E-state index in [4.69, 9.17) is 15.2 Å². The Bertz CT molecular complexity index is 108. The zero-order valence-electron chi connectivity index (χ0n) is 7.08. The summed E-state index contributed by atoms with van der Waals surface area (Å²) in [7, 11) is 0. The van der Waals surface area contributed by atoms with Crippen LogP contribution in [0.25, 0.3) is 0 Å². The summed E-state index contributed by atoms with van der Waals surface area (Å²) in [4.78, 5) is 0. The SMILES string of the molecule is CCOCC1CCC(CN)O1. The average Bonchev–Trinajstić information content (AvgIpc) is 2.48. The van der Waals surface area contributed by atoms with E-state index in [0.717, 1.165) is 26.1 Å². The lowest BCUT2D eigenvalue weighted by atomic mass is 10.2. The molecule has 1 aliphatic heterocycles. The summed E-state index contributed by atoms with van der Waals surface area (Å²) < 4.78 is 10.8. The third-order valence-electron chi connectivity index (χ3n) is 1.97. The Morgan fingerprint density at radius 1 is 1.45 bits per heavy atom. The van der Waals surface area contributed by atoms with E-state index in [0.29, 0.717) is 12.6 Å². The van der Waals surface area contributed by atoms with Crippen molar-refractivity contribution in [3.8, 4) is 0 Å². The van der Waals surface area contributed by atoms with Crippen molar-refractivity contribution in [2.75, 3.05) is 19.8 Å². The maximum absolute atomic E-state index is 5.56. The fraction of sp³-hybridized carbons (Fsp3) is 1.00. The highest BCUT2D eigenvalue weighted by molar-refractivity contribution is 4.73. The molecule has 0 saturated carbocycles. The van der Waals surface area contributed by atoms with Crippen LogP contribution in [-0.2, 0) is 9.47 Å². The minimum atomic E-state index is 0.278. The van der Waals surface area contributed by atoms with Gasteiger partial charge in [0.05, 0.1) is 18.8 Å². The lowest BCUT2D eigenvalue weighted by Gasteiger charge is -2.11. The fourth-order valence-corrected chi connectivity index (χ4v) is 1.33. The average molecular weight is 159 g/mol. The van der Waals surface area contributed by atoms with Gasteiger partial charge in [-0.05, 0) is 19.8 Å². The molecule has 1 rings (SSSR count). The van der Waals surface area contributed by atoms with Gasteiger partial charge in [-0.1, -0.05) is 0 Å². The molecule has 0 aromatic heterocycles. The molecule has 1 aliphatic rings. The number of rotatable bonds is 4. The van der Waals surface area contributed by atoms with E-state index in [2.05, 4.69) is 0 Å². The Kier molecular flexibility index (Phi) is 3.83. The van der Waals surface area contributed by atoms with E-state index in [1.165, 1.54) is 0 Å². The molecule has 2 atom stereocenters. The zero-order valence-corrected chi connectivity index (χ0v) is 7.08. The van der Waals surface area contributed by atoms with Crippen molar-refractivity contribution < 1.29 is 9.47 Å². The molecule has 2 unspecified atom stereocenters. The van der Waals surface area contributed by atoms with Crippen LogP contribution < -0.4 is 5.73 Å². The second-order valence-corrected chi connectivity index (χ2v) is 2.85. The Labute approximate surface area is 67.9 Å². The van der Waals surface area contributed by atoms with Gasteiger partial charge < -0.3 is 15.2 Å². The minimum Gasteiger partial charge on any atom is -0.379 e. The highest BCUT2D eigenvalue weighted by Gasteiger charge is 2.23. The van der Waals surface area contributed by atoms with E-state index in [1.54, 1.807) is 0 Å². The first-order chi connectivity index (χ1) is 5.36. The maximum atomic E-state index is 5.56. The molecule has 1 heterocycles. The zero-order chi connectivity index (χ0) is 8.10. The quantitative estimate of drug-likeness (QED) is 0.650. The molecule has 11 heavy (non-hydrogen) atoms. The van der Waals surface area contributed by atoms with Gasteiger partial charge in [0.2, 0.25) is 0 Å². The summed E-state index contributed by atoms with van der Waals surface area (Å²) in [6.45, 7) is 4.14. The van der Waals surface area contributed by atoms with Crippen LogP contribution in [0.5, 0.6) is 0 Å². The Balaban J connectivity index is 2.09. The van der Waals surface area contributed by atoms with Gasteiger partial charge in [-0.15, -0.1) is 0 Å². The third kappa shape index (κ3) is 2.77. The molecule has 0 bridgehead atoms. The lowest BCUT2D eigenvalue weighted by Crippen LogP contribution is -2.22. The van der Waals surface area contributed by atoms with Crippen molar-refractivity contribution >= 4 is 0 Å². The van der Waals surface area contributed by atoms with Crippen LogP contribution in [0.15, 0.2) is 0 Å². The van der Waals surface area contributed by atoms with E-state index < -0.39 is 0 Å². The molecule has 0 amide bonds. The summed E-state index contributed by atoms with van der Waals surface area (Å²) in [6.07, 6.45) is 2.76. The van der Waals surface area contributed by atoms with Gasteiger partial charge in [-0.3, -0.25) is 0 Å². The van der Waals surface area contributed by atoms with Gasteiger partial charge in [-0.25, -0.2) is 0 Å². The molecule has 0 spiro atoms. The second-order valence-electron chi connectivity index (χ2n) is 2.85. The molecule has 0 aromatic rings. The minimum absolute atomic E-state index is 0.278. The number of hydrogen-bond donors (Lipinski definition) is 1. The monoisotopic (exact) mass is 159 g/mol. The van der Waals surface area contributed by atoms with Crippen molar-refractivity contribution in [3.05, 3.63) is 0 Å². The van der Waals surface area contributed by atoms with Crippen molar-refractivity contribution in [2.45, 2.75) is 32.0 Å². The first kappa shape index (κ1) is 8.97. The predicted molar refractivity (Wildman–Crippen MR) is 43.4 cm³/mol. The van der Waals surface area contributed by atoms with Crippen LogP contribution in [0.1, 0.15) is 19.8 Å². The Hall–Kier alpha value is -0.120. The molecular weight excluding hydrogens is 142 g/mol. The number of nitrogens with two attached hydrogens (primary N) is 1. The Morgan fingerprint density at radius 3 is 2.73 bits per heavy atom. The van der Waals surface area contributed by atoms with E-state index in [-0.39, 0.29) is 6.10 Å². The van der Waals surface area contributed by atoms with Crippen molar-refractivity contribution in [1.82, 2.24) is 0 Å². The molecule has 3 nitrogen and oxygen atoms in total. The van der Waals surface area contributed by atoms with Crippen LogP contribution in [0.3, 0.4) is 0 Å². The molecule has 1 fully saturated rings. The number of hydrogen-bond acceptors (Lipinski definition) is 3. The highest BCUT2D eigenvalue weighted by atomic mass is 16.5. The molecule has 2 N–H and O–H groups in total. The first-order valence-corrected chi connectivity index (χ1v) is 4.30. The van der Waals surface area contributed by atoms with Crippen LogP contribution in [0, 0.1) is 0 Å². The Morgan fingerprint density at radius 2 is 2.18 bits per heavy atom. The molecule has 1 saturated heterocycles. The summed E-state index contributed by atoms with van der Waals surface area (Å²) >= 11 is 0. The summed E-state index contributed by atoms with van der Waals surface area (Å²) in [6, 6.07) is 0. The normalized spacial score (nSPS) is 31.1. The third-order valence-corrected chi connectivity index (χ3v) is 1.97. The van der Waals surface area contributed by atoms with Crippen LogP contribution >= 0.6 is 0 Å². The number of ether oxygens (including phenoxy) is 2. The van der Waals surface area contributed by atoms with Gasteiger partial charge in [0.25, 0.3) is 0 Å². The highest BCUT2D eigenvalue weighted by Crippen LogP contribution is 2.18. The van der Waals surface area contributed by atoms with Crippen molar-refractivity contribution in [2.24, 2.45) is 5.73 Å². The topological polar surface area (TPSA) is 44.5 Å². The smallest absolute Gasteiger partial charge is 0.0813 e. The molecule has 0 radical (unpaired) electrons. The summed E-state index contributed by atoms with van der Waals surface area (Å²) in [5.74, 6) is 0. The molecule has 0 aromatic carbocycles. The lowest BCUT2D eigenvalue weighted by molar-refractivity contribution is -0.00890. The van der Waals surface area contributed by atoms with Gasteiger partial charge in [0, 0.05) is 13.2 Å². The van der Waals surface area contributed by atoms with Gasteiger partial charge in [0.15, 0.2) is 0 Å². The first-order valence-electron chi connectivity index (χ1n) is 4.30. The van der Waals surface area contributed by atoms with E-state index in [1.807, 2.05) is 6.92 Å². The van der Waals surface area contributed by atoms with Gasteiger partial charge in [-0.2, -0.15) is 0 Å². The van der Waals surface area contributed by atoms with Crippen molar-refractivity contribution in [3.63, 3.8) is 0 Å². The van der Waals surface area contributed by atoms with Gasteiger partial charge >= 0.3 is 0 Å². The fourth-order valence-electron chi connectivity index (χ4n) is 1.33. The standard InChI is InChI=1S/C8H17NO2/c1-2-10-6-8-4-3-7(5-9)11-8/h7-8H,2-6,9H2,1H3. The molecule has 0 aliphatic carbocycles. The predicted octanol–water partition coefficient (Wildman–Crippen LogP) is 0.529. The van der Waals surface area contributed by atoms with Crippen molar-refractivity contribution in [1.29, 1.82) is 0 Å². The van der Waals surface area contributed by atoms with Crippen LogP contribution in [0.2, 0.25) is 0 Å². The molecular formula is C8H17NO2. The van der Waals surface area contributed by atoms with E-state index in [9.17, 15) is 0 Å². The largest absolute Gasteiger partial charge is 0.379 e. The van der Waals surface area contributed by atoms with Crippen LogP contribution in [0.4, 0.5) is 0 Å². The second kappa shape index (κ2) is 4.70. The van der Waals surface area contributed by atoms with Gasteiger partial charge in [0.1, 0.15) is 0 Å². The summed E-state index contributed by atoms with van der Waals surface area (Å²) in [5, 5.41) is 0. The molecule has 3 heteroatoms. The van der Waals surface area contributed by atoms with Crippen LogP contribution in [-0.4, -0.2) is 32.0 Å². The maximum Gasteiger partial charge on any atom is 0.0813 e. The van der Waals surface area contributed by atoms with E-state index >= 15 is 0 Å².